The second-order valence-electron chi connectivity index (χ2n) is 3.34. The van der Waals surface area contributed by atoms with E-state index in [0.29, 0.717) is 5.92 Å². The molecule has 0 bridgehead atoms. The lowest BCUT2D eigenvalue weighted by Gasteiger charge is -2.01. The van der Waals surface area contributed by atoms with Crippen LogP contribution in [0.25, 0.3) is 0 Å². The Morgan fingerprint density at radius 1 is 1.73 bits per heavy atom. The third kappa shape index (κ3) is 1.62. The quantitative estimate of drug-likeness (QED) is 0.562. The minimum Gasteiger partial charge on any atom is -0.0955 e. The Bertz CT molecular complexity index is 218. The molecule has 60 valence electrons. The Morgan fingerprint density at radius 3 is 2.64 bits per heavy atom. The average Bonchev–Trinajstić information content (AvgIpc) is 2.30. The van der Waals surface area contributed by atoms with E-state index in [-0.39, 0.29) is 0 Å². The Morgan fingerprint density at radius 2 is 2.36 bits per heavy atom. The number of rotatable bonds is 2. The van der Waals surface area contributed by atoms with Crippen LogP contribution in [0.4, 0.5) is 0 Å². The molecule has 11 heavy (non-hydrogen) atoms. The molecule has 0 nitrogen and oxygen atoms in total. The fourth-order valence-electron chi connectivity index (χ4n) is 1.55. The average molecular weight is 148 g/mol. The summed E-state index contributed by atoms with van der Waals surface area (Å²) >= 11 is 0. The zero-order valence-electron chi connectivity index (χ0n) is 7.48. The lowest BCUT2D eigenvalue weighted by atomic mass is 10.0. The van der Waals surface area contributed by atoms with Gasteiger partial charge in [0.25, 0.3) is 0 Å². The molecule has 1 rings (SSSR count). The summed E-state index contributed by atoms with van der Waals surface area (Å²) < 4.78 is 0. The molecule has 0 aliphatic heterocycles. The molecule has 0 N–H and O–H groups in total. The summed E-state index contributed by atoms with van der Waals surface area (Å²) in [5, 5.41) is 0. The highest BCUT2D eigenvalue weighted by atomic mass is 14.2. The molecule has 1 aliphatic carbocycles. The monoisotopic (exact) mass is 148 g/mol. The summed E-state index contributed by atoms with van der Waals surface area (Å²) in [4.78, 5) is 0. The van der Waals surface area contributed by atoms with Crippen LogP contribution in [0.3, 0.4) is 0 Å². The van der Waals surface area contributed by atoms with Gasteiger partial charge in [0.05, 0.1) is 0 Å². The van der Waals surface area contributed by atoms with E-state index in [9.17, 15) is 0 Å². The fraction of sp³-hybridized carbons (Fsp3) is 0.455. The maximum Gasteiger partial charge on any atom is -0.0186 e. The highest BCUT2D eigenvalue weighted by Gasteiger charge is 2.17. The molecule has 0 aromatic rings. The fourth-order valence-corrected chi connectivity index (χ4v) is 1.55. The van der Waals surface area contributed by atoms with Crippen LogP contribution >= 0.6 is 0 Å². The second kappa shape index (κ2) is 3.08. The Balaban J connectivity index is 2.79. The summed E-state index contributed by atoms with van der Waals surface area (Å²) in [6, 6.07) is 0. The minimum atomic E-state index is 0.717. The van der Waals surface area contributed by atoms with E-state index in [4.69, 9.17) is 0 Å². The van der Waals surface area contributed by atoms with Crippen molar-refractivity contribution in [1.82, 2.24) is 0 Å². The van der Waals surface area contributed by atoms with Gasteiger partial charge in [-0.1, -0.05) is 31.7 Å². The van der Waals surface area contributed by atoms with Crippen LogP contribution in [-0.4, -0.2) is 0 Å². The SMILES string of the molecule is C=C(C)C1=CC(CC)CC1=C. The summed E-state index contributed by atoms with van der Waals surface area (Å²) in [6.45, 7) is 12.2. The highest BCUT2D eigenvalue weighted by molar-refractivity contribution is 5.47. The van der Waals surface area contributed by atoms with E-state index in [0.717, 1.165) is 12.0 Å². The van der Waals surface area contributed by atoms with Gasteiger partial charge in [0.2, 0.25) is 0 Å². The Hall–Kier alpha value is -0.780. The lowest BCUT2D eigenvalue weighted by molar-refractivity contribution is 0.650. The Labute approximate surface area is 69.3 Å². The van der Waals surface area contributed by atoms with Gasteiger partial charge in [-0.3, -0.25) is 0 Å². The molecule has 0 heteroatoms. The molecule has 0 aromatic heterocycles. The van der Waals surface area contributed by atoms with Crippen molar-refractivity contribution in [2.45, 2.75) is 26.7 Å². The van der Waals surface area contributed by atoms with Crippen LogP contribution in [0, 0.1) is 5.92 Å². The van der Waals surface area contributed by atoms with Crippen molar-refractivity contribution in [3.8, 4) is 0 Å². The predicted molar refractivity (Wildman–Crippen MR) is 50.4 cm³/mol. The first-order chi connectivity index (χ1) is 5.15. The van der Waals surface area contributed by atoms with Gasteiger partial charge in [0, 0.05) is 0 Å². The molecule has 0 aromatic carbocycles. The molecule has 1 atom stereocenters. The summed E-state index contributed by atoms with van der Waals surface area (Å²) in [6.07, 6.45) is 4.67. The van der Waals surface area contributed by atoms with Gasteiger partial charge in [-0.2, -0.15) is 0 Å². The van der Waals surface area contributed by atoms with Crippen LogP contribution < -0.4 is 0 Å². The standard InChI is InChI=1S/C11H16/c1-5-10-6-9(4)11(7-10)8(2)3/h7,10H,2,4-6H2,1,3H3. The van der Waals surface area contributed by atoms with E-state index >= 15 is 0 Å². The van der Waals surface area contributed by atoms with Gasteiger partial charge in [-0.05, 0) is 36.8 Å². The highest BCUT2D eigenvalue weighted by Crippen LogP contribution is 2.33. The first kappa shape index (κ1) is 8.32. The van der Waals surface area contributed by atoms with Crippen molar-refractivity contribution in [2.75, 3.05) is 0 Å². The van der Waals surface area contributed by atoms with Crippen LogP contribution in [0.2, 0.25) is 0 Å². The van der Waals surface area contributed by atoms with Gasteiger partial charge in [-0.25, -0.2) is 0 Å². The molecule has 0 saturated carbocycles. The molecule has 0 spiro atoms. The van der Waals surface area contributed by atoms with Crippen LogP contribution in [0.1, 0.15) is 26.7 Å². The predicted octanol–water partition coefficient (Wildman–Crippen LogP) is 3.48. The molecule has 0 fully saturated rings. The number of hydrogen-bond donors (Lipinski definition) is 0. The summed E-state index contributed by atoms with van der Waals surface area (Å²) in [5.41, 5.74) is 3.73. The van der Waals surface area contributed by atoms with Crippen LogP contribution in [-0.2, 0) is 0 Å². The maximum absolute atomic E-state index is 4.03. The largest absolute Gasteiger partial charge is 0.0955 e. The van der Waals surface area contributed by atoms with Crippen molar-refractivity contribution >= 4 is 0 Å². The molecule has 0 radical (unpaired) electrons. The third-order valence-electron chi connectivity index (χ3n) is 2.28. The van der Waals surface area contributed by atoms with Crippen molar-refractivity contribution < 1.29 is 0 Å². The lowest BCUT2D eigenvalue weighted by Crippen LogP contribution is -1.86. The zero-order chi connectivity index (χ0) is 8.43. The molecular weight excluding hydrogens is 132 g/mol. The second-order valence-corrected chi connectivity index (χ2v) is 3.34. The van der Waals surface area contributed by atoms with E-state index in [1.807, 2.05) is 0 Å². The topological polar surface area (TPSA) is 0 Å². The number of allylic oxidation sites excluding steroid dienone is 4. The van der Waals surface area contributed by atoms with Crippen LogP contribution in [0.15, 0.2) is 36.0 Å². The van der Waals surface area contributed by atoms with Crippen molar-refractivity contribution in [1.29, 1.82) is 0 Å². The van der Waals surface area contributed by atoms with E-state index in [1.54, 1.807) is 0 Å². The molecule has 1 unspecified atom stereocenters. The number of hydrogen-bond acceptors (Lipinski definition) is 0. The van der Waals surface area contributed by atoms with Gasteiger partial charge >= 0.3 is 0 Å². The van der Waals surface area contributed by atoms with Crippen molar-refractivity contribution in [2.24, 2.45) is 5.92 Å². The first-order valence-corrected chi connectivity index (χ1v) is 4.21. The molecule has 0 saturated heterocycles. The van der Waals surface area contributed by atoms with E-state index in [1.165, 1.54) is 17.6 Å². The van der Waals surface area contributed by atoms with E-state index in [2.05, 4.69) is 33.1 Å². The van der Waals surface area contributed by atoms with Gasteiger partial charge < -0.3 is 0 Å². The van der Waals surface area contributed by atoms with Crippen molar-refractivity contribution in [3.05, 3.63) is 36.0 Å². The zero-order valence-corrected chi connectivity index (χ0v) is 7.48. The molecule has 0 amide bonds. The molecule has 0 heterocycles. The maximum atomic E-state index is 4.03. The van der Waals surface area contributed by atoms with Gasteiger partial charge in [0.1, 0.15) is 0 Å². The third-order valence-corrected chi connectivity index (χ3v) is 2.28. The summed E-state index contributed by atoms with van der Waals surface area (Å²) in [7, 11) is 0. The first-order valence-electron chi connectivity index (χ1n) is 4.21. The Kier molecular flexibility index (Phi) is 2.33. The molecular formula is C11H16. The van der Waals surface area contributed by atoms with Crippen molar-refractivity contribution in [3.63, 3.8) is 0 Å². The van der Waals surface area contributed by atoms with Crippen LogP contribution in [0.5, 0.6) is 0 Å². The molecule has 1 aliphatic rings. The van der Waals surface area contributed by atoms with Gasteiger partial charge in [-0.15, -0.1) is 0 Å². The normalized spacial score (nSPS) is 23.6. The van der Waals surface area contributed by atoms with Gasteiger partial charge in [0.15, 0.2) is 0 Å². The van der Waals surface area contributed by atoms with E-state index < -0.39 is 0 Å². The minimum absolute atomic E-state index is 0.717. The summed E-state index contributed by atoms with van der Waals surface area (Å²) in [5.74, 6) is 0.717. The smallest absolute Gasteiger partial charge is 0.0186 e.